The van der Waals surface area contributed by atoms with E-state index in [1.165, 1.54) is 0 Å². The van der Waals surface area contributed by atoms with Gasteiger partial charge in [0.2, 0.25) is 0 Å². The summed E-state index contributed by atoms with van der Waals surface area (Å²) in [6.45, 7) is 7.32. The number of amides is 1. The van der Waals surface area contributed by atoms with Crippen LogP contribution >= 0.6 is 0 Å². The van der Waals surface area contributed by atoms with Gasteiger partial charge in [-0.2, -0.15) is 0 Å². The van der Waals surface area contributed by atoms with Crippen LogP contribution in [0.15, 0.2) is 12.7 Å². The molecular weight excluding hydrogens is 186 g/mol. The number of alkyl carbamates (subject to hydrolysis) is 1. The molecule has 0 heterocycles. The number of hydrogen-bond donors (Lipinski definition) is 1. The minimum atomic E-state index is -0.539. The molecule has 0 aliphatic carbocycles. The summed E-state index contributed by atoms with van der Waals surface area (Å²) in [5, 5.41) is 2.40. The zero-order valence-corrected chi connectivity index (χ0v) is 7.95. The predicted molar refractivity (Wildman–Crippen MR) is 50.5 cm³/mol. The molecule has 0 saturated carbocycles. The van der Waals surface area contributed by atoms with Crippen molar-refractivity contribution < 1.29 is 19.1 Å². The molecule has 0 bridgehead atoms. The van der Waals surface area contributed by atoms with E-state index < -0.39 is 12.1 Å². The van der Waals surface area contributed by atoms with Gasteiger partial charge in [0.25, 0.3) is 0 Å². The van der Waals surface area contributed by atoms with E-state index in [1.54, 1.807) is 0 Å². The summed E-state index contributed by atoms with van der Waals surface area (Å²) in [6, 6.07) is 0. The lowest BCUT2D eigenvalue weighted by molar-refractivity contribution is -0.137. The molecule has 5 heteroatoms. The Kier molecular flexibility index (Phi) is 7.22. The fourth-order valence-corrected chi connectivity index (χ4v) is 0.580. The summed E-state index contributed by atoms with van der Waals surface area (Å²) in [6.07, 6.45) is 1.04. The van der Waals surface area contributed by atoms with Gasteiger partial charge >= 0.3 is 12.1 Å². The van der Waals surface area contributed by atoms with Crippen LogP contribution in [0.25, 0.3) is 0 Å². The van der Waals surface area contributed by atoms with Crippen LogP contribution in [0, 0.1) is 6.92 Å². The third-order valence-electron chi connectivity index (χ3n) is 1.16. The highest BCUT2D eigenvalue weighted by Gasteiger charge is 2.00. The first-order chi connectivity index (χ1) is 6.70. The first kappa shape index (κ1) is 12.5. The molecule has 0 aromatic heterocycles. The SMILES string of the molecule is [CH2]CCOC(=O)NCCOC(=O)C=C. The number of carbonyl (C=O) groups excluding carboxylic acids is 2. The second-order valence-corrected chi connectivity index (χ2v) is 2.29. The minimum Gasteiger partial charge on any atom is -0.461 e. The van der Waals surface area contributed by atoms with Crippen molar-refractivity contribution in [3.8, 4) is 0 Å². The molecule has 1 radical (unpaired) electrons. The van der Waals surface area contributed by atoms with E-state index in [1.807, 2.05) is 0 Å². The Bertz CT molecular complexity index is 203. The maximum atomic E-state index is 10.8. The van der Waals surface area contributed by atoms with Gasteiger partial charge < -0.3 is 14.8 Å². The second kappa shape index (κ2) is 8.10. The number of hydrogen-bond acceptors (Lipinski definition) is 4. The molecule has 0 aromatic carbocycles. The molecule has 0 aromatic rings. The molecule has 0 aliphatic heterocycles. The minimum absolute atomic E-state index is 0.102. The predicted octanol–water partition coefficient (Wildman–Crippen LogP) is 0.666. The van der Waals surface area contributed by atoms with Crippen LogP contribution in [0.4, 0.5) is 4.79 Å². The normalized spacial score (nSPS) is 8.93. The standard InChI is InChI=1S/C9H14NO4/c1-3-6-14-9(12)10-5-7-13-8(11)4-2/h4H,1-3,5-7H2,(H,10,12). The quantitative estimate of drug-likeness (QED) is 0.389. The Hall–Kier alpha value is -1.52. The van der Waals surface area contributed by atoms with Crippen molar-refractivity contribution in [3.05, 3.63) is 19.6 Å². The topological polar surface area (TPSA) is 64.6 Å². The van der Waals surface area contributed by atoms with Gasteiger partial charge in [0.05, 0.1) is 13.2 Å². The van der Waals surface area contributed by atoms with Crippen LogP contribution in [0.3, 0.4) is 0 Å². The highest BCUT2D eigenvalue weighted by Crippen LogP contribution is 1.82. The molecule has 0 aliphatic rings. The molecule has 0 saturated heterocycles. The summed E-state index contributed by atoms with van der Waals surface area (Å²) < 4.78 is 9.26. The smallest absolute Gasteiger partial charge is 0.407 e. The van der Waals surface area contributed by atoms with Crippen molar-refractivity contribution in [1.29, 1.82) is 0 Å². The van der Waals surface area contributed by atoms with E-state index in [0.29, 0.717) is 6.42 Å². The first-order valence-corrected chi connectivity index (χ1v) is 4.19. The Morgan fingerprint density at radius 2 is 2.00 bits per heavy atom. The summed E-state index contributed by atoms with van der Waals surface area (Å²) >= 11 is 0. The van der Waals surface area contributed by atoms with E-state index in [2.05, 4.69) is 28.3 Å². The van der Waals surface area contributed by atoms with Crippen LogP contribution in [0.5, 0.6) is 0 Å². The number of esters is 1. The van der Waals surface area contributed by atoms with Gasteiger partial charge in [-0.3, -0.25) is 0 Å². The number of carbonyl (C=O) groups is 2. The lowest BCUT2D eigenvalue weighted by Gasteiger charge is -2.05. The average molecular weight is 200 g/mol. The van der Waals surface area contributed by atoms with Crippen molar-refractivity contribution in [2.24, 2.45) is 0 Å². The van der Waals surface area contributed by atoms with Gasteiger partial charge in [0.1, 0.15) is 6.61 Å². The monoisotopic (exact) mass is 200 g/mol. The molecule has 79 valence electrons. The van der Waals surface area contributed by atoms with Crippen LogP contribution < -0.4 is 5.32 Å². The van der Waals surface area contributed by atoms with Crippen molar-refractivity contribution in [1.82, 2.24) is 5.32 Å². The first-order valence-electron chi connectivity index (χ1n) is 4.19. The fourth-order valence-electron chi connectivity index (χ4n) is 0.580. The van der Waals surface area contributed by atoms with E-state index in [0.717, 1.165) is 6.08 Å². The molecule has 0 rings (SSSR count). The zero-order valence-electron chi connectivity index (χ0n) is 7.95. The molecule has 0 atom stereocenters. The molecule has 0 fully saturated rings. The summed E-state index contributed by atoms with van der Waals surface area (Å²) in [5.74, 6) is -0.516. The van der Waals surface area contributed by atoms with Gasteiger partial charge in [0, 0.05) is 6.08 Å². The third-order valence-corrected chi connectivity index (χ3v) is 1.16. The Morgan fingerprint density at radius 1 is 1.29 bits per heavy atom. The lowest BCUT2D eigenvalue weighted by atomic mass is 10.5. The Morgan fingerprint density at radius 3 is 2.57 bits per heavy atom. The Labute approximate surface area is 83.1 Å². The zero-order chi connectivity index (χ0) is 10.8. The number of ether oxygens (including phenoxy) is 2. The van der Waals surface area contributed by atoms with Gasteiger partial charge in [-0.25, -0.2) is 9.59 Å². The third kappa shape index (κ3) is 7.15. The van der Waals surface area contributed by atoms with E-state index in [4.69, 9.17) is 0 Å². The maximum Gasteiger partial charge on any atom is 0.407 e. The molecule has 1 N–H and O–H groups in total. The van der Waals surface area contributed by atoms with Crippen molar-refractivity contribution in [2.75, 3.05) is 19.8 Å². The van der Waals surface area contributed by atoms with E-state index in [-0.39, 0.29) is 19.8 Å². The number of nitrogens with one attached hydrogen (secondary N) is 1. The van der Waals surface area contributed by atoms with Crippen molar-refractivity contribution in [2.45, 2.75) is 6.42 Å². The largest absolute Gasteiger partial charge is 0.461 e. The molecule has 0 unspecified atom stereocenters. The van der Waals surface area contributed by atoms with E-state index >= 15 is 0 Å². The molecule has 1 amide bonds. The highest BCUT2D eigenvalue weighted by atomic mass is 16.6. The average Bonchev–Trinajstić information content (AvgIpc) is 2.21. The number of rotatable bonds is 6. The maximum absolute atomic E-state index is 10.8. The lowest BCUT2D eigenvalue weighted by Crippen LogP contribution is -2.28. The summed E-state index contributed by atoms with van der Waals surface area (Å²) in [5.41, 5.74) is 0. The van der Waals surface area contributed by atoms with Gasteiger partial charge in [-0.05, 0) is 13.3 Å². The molecular formula is C9H14NO4. The van der Waals surface area contributed by atoms with Crippen LogP contribution in [0.2, 0.25) is 0 Å². The Balaban J connectivity index is 3.31. The highest BCUT2D eigenvalue weighted by molar-refractivity contribution is 5.81. The second-order valence-electron chi connectivity index (χ2n) is 2.29. The molecule has 0 spiro atoms. The molecule has 14 heavy (non-hydrogen) atoms. The van der Waals surface area contributed by atoms with Crippen LogP contribution in [-0.2, 0) is 14.3 Å². The van der Waals surface area contributed by atoms with Crippen molar-refractivity contribution in [3.63, 3.8) is 0 Å². The summed E-state index contributed by atoms with van der Waals surface area (Å²) in [4.78, 5) is 21.3. The van der Waals surface area contributed by atoms with Crippen LogP contribution in [0.1, 0.15) is 6.42 Å². The van der Waals surface area contributed by atoms with E-state index in [9.17, 15) is 9.59 Å². The molecule has 5 nitrogen and oxygen atoms in total. The van der Waals surface area contributed by atoms with Gasteiger partial charge in [-0.15, -0.1) is 0 Å². The van der Waals surface area contributed by atoms with Crippen molar-refractivity contribution >= 4 is 12.1 Å². The summed E-state index contributed by atoms with van der Waals surface area (Å²) in [7, 11) is 0. The van der Waals surface area contributed by atoms with Gasteiger partial charge in [-0.1, -0.05) is 6.58 Å². The van der Waals surface area contributed by atoms with Crippen LogP contribution in [-0.4, -0.2) is 31.8 Å². The van der Waals surface area contributed by atoms with Gasteiger partial charge in [0.15, 0.2) is 0 Å². The fraction of sp³-hybridized carbons (Fsp3) is 0.444.